The van der Waals surface area contributed by atoms with Gasteiger partial charge in [0.2, 0.25) is 12.4 Å². The quantitative estimate of drug-likeness (QED) is 0.420. The number of nitrogens with one attached hydrogen (secondary N) is 2. The summed E-state index contributed by atoms with van der Waals surface area (Å²) in [6, 6.07) is 0. The van der Waals surface area contributed by atoms with Crippen molar-refractivity contribution in [2.24, 2.45) is 0 Å². The smallest absolute Gasteiger partial charge is 0.213 e. The molecule has 0 aromatic carbocycles. The van der Waals surface area contributed by atoms with E-state index < -0.39 is 0 Å². The maximum absolute atomic E-state index is 9.75. The van der Waals surface area contributed by atoms with E-state index in [0.29, 0.717) is 12.4 Å². The van der Waals surface area contributed by atoms with Crippen LogP contribution in [0.3, 0.4) is 0 Å². The highest BCUT2D eigenvalue weighted by Crippen LogP contribution is 1.89. The van der Waals surface area contributed by atoms with E-state index in [0.717, 1.165) is 0 Å². The van der Waals surface area contributed by atoms with Crippen molar-refractivity contribution in [1.82, 2.24) is 9.97 Å². The zero-order valence-electron chi connectivity index (χ0n) is 5.01. The number of rotatable bonds is 2. The van der Waals surface area contributed by atoms with Crippen molar-refractivity contribution in [2.75, 3.05) is 5.32 Å². The number of carbonyl (C=O) groups is 1. The molecule has 0 atom stereocenters. The Morgan fingerprint density at radius 1 is 2.12 bits per heavy atom. The first-order valence-electron chi connectivity index (χ1n) is 2.55. The highest BCUT2D eigenvalue weighted by atomic mass is 16.2. The Kier molecular flexibility index (Phi) is 0.963. The molecule has 1 aromatic rings. The molecule has 0 radical (unpaired) electrons. The summed E-state index contributed by atoms with van der Waals surface area (Å²) in [7, 11) is 0. The standard InChI is InChI=1S/C4H5N3O/c8-3-7-4-5-1-2-6-4/h1-3H,(H2,5,6,7,8)/i1D,4+1,6+1,7+1. The molecule has 0 aliphatic carbocycles. The number of imidazole rings is 1. The Balaban J connectivity index is 2.72. The van der Waals surface area contributed by atoms with Gasteiger partial charge in [0.1, 0.15) is 0 Å². The van der Waals surface area contributed by atoms with Crippen LogP contribution < -0.4 is 5.32 Å². The van der Waals surface area contributed by atoms with Gasteiger partial charge >= 0.3 is 0 Å². The topological polar surface area (TPSA) is 57.8 Å². The number of H-pyrrole nitrogens is 1. The van der Waals surface area contributed by atoms with Crippen LogP contribution in [0.15, 0.2) is 12.4 Å². The summed E-state index contributed by atoms with van der Waals surface area (Å²) in [5.74, 6) is 0.301. The fraction of sp³-hybridized carbons (Fsp3) is 0. The summed E-state index contributed by atoms with van der Waals surface area (Å²) in [5, 5.41) is 2.26. The number of hydrogen-bond acceptors (Lipinski definition) is 2. The molecule has 0 unspecified atom stereocenters. The van der Waals surface area contributed by atoms with E-state index in [1.807, 2.05) is 0 Å². The Morgan fingerprint density at radius 2 is 3.00 bits per heavy atom. The van der Waals surface area contributed by atoms with Gasteiger partial charge in [-0.15, -0.1) is 0 Å². The molecule has 1 rings (SSSR count). The Hall–Kier alpha value is -1.32. The van der Waals surface area contributed by atoms with Crippen molar-refractivity contribution in [1.29, 1.82) is 0 Å². The number of anilines is 1. The average molecular weight is 115 g/mol. The van der Waals surface area contributed by atoms with Crippen LogP contribution in [-0.4, -0.2) is 16.4 Å². The first kappa shape index (κ1) is 3.65. The maximum atomic E-state index is 9.75. The number of aromatic nitrogens is 2. The minimum absolute atomic E-state index is 0.111. The molecule has 4 nitrogen and oxygen atoms in total. The summed E-state index contributed by atoms with van der Waals surface area (Å²) >= 11 is 0. The van der Waals surface area contributed by atoms with Crippen LogP contribution in [0.25, 0.3) is 0 Å². The number of carbonyl (C=O) groups excluding carboxylic acids is 1. The summed E-state index contributed by atoms with van der Waals surface area (Å²) in [5.41, 5.74) is 0. The van der Waals surface area contributed by atoms with Crippen LogP contribution in [0.4, 0.5) is 5.95 Å². The van der Waals surface area contributed by atoms with E-state index in [4.69, 9.17) is 1.37 Å². The largest absolute Gasteiger partial charge is 0.331 e. The molecule has 8 heavy (non-hydrogen) atoms. The second kappa shape index (κ2) is 2.11. The number of aromatic amines is 1. The lowest BCUT2D eigenvalue weighted by Crippen LogP contribution is -1.94. The maximum Gasteiger partial charge on any atom is 0.213 e. The monoisotopic (exact) mass is 115 g/mol. The molecule has 0 fully saturated rings. The zero-order valence-corrected chi connectivity index (χ0v) is 4.01. The van der Waals surface area contributed by atoms with E-state index >= 15 is 0 Å². The Labute approximate surface area is 47.3 Å². The predicted octanol–water partition coefficient (Wildman–Crippen LogP) is -0.0220. The predicted molar refractivity (Wildman–Crippen MR) is 28.3 cm³/mol. The first-order valence-corrected chi connectivity index (χ1v) is 2.05. The molecule has 0 aliphatic heterocycles. The molecule has 1 amide bonds. The fourth-order valence-electron chi connectivity index (χ4n) is 0.359. The molecule has 0 saturated heterocycles. The molecule has 1 aromatic heterocycles. The SMILES string of the molecule is [2H]c1c[15nH][13c]([15NH]C=O)n1. The van der Waals surface area contributed by atoms with Gasteiger partial charge in [-0.3, -0.25) is 10.1 Å². The van der Waals surface area contributed by atoms with Gasteiger partial charge in [-0.2, -0.15) is 0 Å². The molecular weight excluding hydrogens is 109 g/mol. The highest BCUT2D eigenvalue weighted by molar-refractivity contribution is 5.66. The first-order chi connectivity index (χ1) is 4.33. The van der Waals surface area contributed by atoms with Gasteiger partial charge in [0.25, 0.3) is 0 Å². The van der Waals surface area contributed by atoms with Gasteiger partial charge in [-0.05, 0) is 0 Å². The summed E-state index contributed by atoms with van der Waals surface area (Å²) < 4.78 is 6.90. The van der Waals surface area contributed by atoms with Crippen molar-refractivity contribution < 1.29 is 6.17 Å². The number of hydrogen-bond donors (Lipinski definition) is 2. The molecule has 2 N–H and O–H groups in total. The van der Waals surface area contributed by atoms with E-state index in [9.17, 15) is 4.79 Å². The van der Waals surface area contributed by atoms with Crippen LogP contribution in [0.2, 0.25) is 0 Å². The molecule has 0 aliphatic rings. The zero-order chi connectivity index (χ0) is 6.69. The molecule has 0 spiro atoms. The molecule has 1 heterocycles. The fourth-order valence-corrected chi connectivity index (χ4v) is 0.359. The van der Waals surface area contributed by atoms with E-state index in [-0.39, 0.29) is 6.17 Å². The minimum atomic E-state index is 0.111. The molecule has 0 bridgehead atoms. The van der Waals surface area contributed by atoms with Gasteiger partial charge < -0.3 is 4.98 Å². The van der Waals surface area contributed by atoms with Crippen molar-refractivity contribution in [3.63, 3.8) is 0 Å². The van der Waals surface area contributed by atoms with Crippen molar-refractivity contribution >= 4 is 12.4 Å². The van der Waals surface area contributed by atoms with Gasteiger partial charge in [0.05, 0.1) is 1.37 Å². The van der Waals surface area contributed by atoms with Crippen molar-refractivity contribution in [3.05, 3.63) is 12.4 Å². The van der Waals surface area contributed by atoms with E-state index in [2.05, 4.69) is 15.3 Å². The van der Waals surface area contributed by atoms with Crippen LogP contribution in [0.5, 0.6) is 0 Å². The van der Waals surface area contributed by atoms with Crippen molar-refractivity contribution in [3.8, 4) is 0 Å². The summed E-state index contributed by atoms with van der Waals surface area (Å²) in [6.45, 7) is 0. The van der Waals surface area contributed by atoms with E-state index in [1.54, 1.807) is 0 Å². The lowest BCUT2D eigenvalue weighted by molar-refractivity contribution is -0.105. The Bertz CT molecular complexity index is 209. The summed E-state index contributed by atoms with van der Waals surface area (Å²) in [6.07, 6.45) is 1.99. The van der Waals surface area contributed by atoms with Crippen LogP contribution in [-0.2, 0) is 4.79 Å². The number of amides is 1. The lowest BCUT2D eigenvalue weighted by Gasteiger charge is -1.84. The Morgan fingerprint density at radius 3 is 3.50 bits per heavy atom. The van der Waals surface area contributed by atoms with Crippen molar-refractivity contribution in [2.45, 2.75) is 0 Å². The highest BCUT2D eigenvalue weighted by Gasteiger charge is 1.84. The normalized spacial score (nSPS) is 10.2. The van der Waals surface area contributed by atoms with E-state index in [1.165, 1.54) is 6.20 Å². The molecular formula is C4H5N3O. The van der Waals surface area contributed by atoms with Gasteiger partial charge in [0.15, 0.2) is 0 Å². The van der Waals surface area contributed by atoms with Crippen LogP contribution >= 0.6 is 0 Å². The third-order valence-electron chi connectivity index (χ3n) is 0.645. The van der Waals surface area contributed by atoms with Gasteiger partial charge in [-0.25, -0.2) is 4.98 Å². The van der Waals surface area contributed by atoms with Crippen LogP contribution in [0, 0.1) is 0 Å². The number of nitrogens with zero attached hydrogens (tertiary/aromatic N) is 1. The average Bonchev–Trinajstić information content (AvgIpc) is 2.17. The third kappa shape index (κ3) is 0.841. The third-order valence-corrected chi connectivity index (χ3v) is 0.645. The lowest BCUT2D eigenvalue weighted by atomic mass is 11.0. The molecule has 42 valence electrons. The second-order valence-electron chi connectivity index (χ2n) is 1.14. The molecule has 4 heteroatoms. The summed E-state index contributed by atoms with van der Waals surface area (Å²) in [4.78, 5) is 15.9. The minimum Gasteiger partial charge on any atom is -0.331 e. The van der Waals surface area contributed by atoms with Gasteiger partial charge in [0, 0.05) is 12.4 Å². The van der Waals surface area contributed by atoms with Crippen LogP contribution in [0.1, 0.15) is 1.37 Å². The van der Waals surface area contributed by atoms with Gasteiger partial charge in [-0.1, -0.05) is 0 Å². The molecule has 0 saturated carbocycles. The second-order valence-corrected chi connectivity index (χ2v) is 1.14.